The fourth-order valence-electron chi connectivity index (χ4n) is 1.68. The average molecular weight is 305 g/mol. The third-order valence-corrected chi connectivity index (χ3v) is 2.57. The fraction of sp³-hybridized carbons (Fsp3) is 0.429. The summed E-state index contributed by atoms with van der Waals surface area (Å²) in [6.45, 7) is 5.90. The molecule has 22 heavy (non-hydrogen) atoms. The maximum atomic E-state index is 11.9. The van der Waals surface area contributed by atoms with E-state index in [1.54, 1.807) is 45.3 Å². The summed E-state index contributed by atoms with van der Waals surface area (Å²) in [5.74, 6) is -0.318. The van der Waals surface area contributed by atoms with Gasteiger partial charge in [0.15, 0.2) is 5.65 Å². The highest BCUT2D eigenvalue weighted by Gasteiger charge is 2.15. The first-order valence-corrected chi connectivity index (χ1v) is 6.90. The summed E-state index contributed by atoms with van der Waals surface area (Å²) < 4.78 is 6.61. The van der Waals surface area contributed by atoms with Crippen molar-refractivity contribution >= 4 is 17.6 Å². The molecular weight excluding hydrogens is 286 g/mol. The van der Waals surface area contributed by atoms with Gasteiger partial charge in [-0.1, -0.05) is 0 Å². The summed E-state index contributed by atoms with van der Waals surface area (Å²) in [5, 5.41) is 9.36. The van der Waals surface area contributed by atoms with Crippen molar-refractivity contribution in [1.29, 1.82) is 0 Å². The van der Waals surface area contributed by atoms with Gasteiger partial charge in [0.05, 0.1) is 0 Å². The zero-order chi connectivity index (χ0) is 16.2. The highest BCUT2D eigenvalue weighted by Crippen LogP contribution is 2.06. The predicted octanol–water partition coefficient (Wildman–Crippen LogP) is 0.984. The molecule has 2 heterocycles. The molecule has 0 aliphatic carbocycles. The second-order valence-electron chi connectivity index (χ2n) is 5.63. The van der Waals surface area contributed by atoms with Gasteiger partial charge in [0.1, 0.15) is 11.3 Å². The average Bonchev–Trinajstić information content (AvgIpc) is 2.88. The molecule has 2 rings (SSSR count). The van der Waals surface area contributed by atoms with E-state index in [2.05, 4.69) is 20.7 Å². The van der Waals surface area contributed by atoms with Crippen LogP contribution in [0.4, 0.5) is 4.79 Å². The number of fused-ring (bicyclic) bond motifs is 1. The van der Waals surface area contributed by atoms with Crippen LogP contribution >= 0.6 is 0 Å². The summed E-state index contributed by atoms with van der Waals surface area (Å²) in [5.41, 5.74) is 0.406. The molecule has 0 saturated carbocycles. The van der Waals surface area contributed by atoms with Crippen molar-refractivity contribution in [3.8, 4) is 0 Å². The Morgan fingerprint density at radius 3 is 2.68 bits per heavy atom. The molecule has 0 aliphatic heterocycles. The normalized spacial score (nSPS) is 11.2. The van der Waals surface area contributed by atoms with Crippen LogP contribution in [-0.2, 0) is 4.74 Å². The summed E-state index contributed by atoms with van der Waals surface area (Å²) in [4.78, 5) is 27.4. The lowest BCUT2D eigenvalue weighted by Gasteiger charge is -2.19. The Kier molecular flexibility index (Phi) is 4.59. The molecule has 118 valence electrons. The van der Waals surface area contributed by atoms with Gasteiger partial charge in [-0.2, -0.15) is 5.10 Å². The lowest BCUT2D eigenvalue weighted by atomic mass is 10.2. The van der Waals surface area contributed by atoms with Crippen LogP contribution in [0.5, 0.6) is 0 Å². The Bertz CT molecular complexity index is 674. The van der Waals surface area contributed by atoms with Crippen molar-refractivity contribution < 1.29 is 14.3 Å². The number of hydrogen-bond donors (Lipinski definition) is 2. The smallest absolute Gasteiger partial charge is 0.407 e. The molecule has 0 unspecified atom stereocenters. The predicted molar refractivity (Wildman–Crippen MR) is 79.6 cm³/mol. The Morgan fingerprint density at radius 1 is 1.23 bits per heavy atom. The molecule has 0 saturated heterocycles. The van der Waals surface area contributed by atoms with Crippen LogP contribution in [0.2, 0.25) is 0 Å². The number of rotatable bonds is 4. The number of amides is 2. The van der Waals surface area contributed by atoms with E-state index in [1.807, 2.05) is 0 Å². The Morgan fingerprint density at radius 2 is 1.95 bits per heavy atom. The van der Waals surface area contributed by atoms with Gasteiger partial charge in [-0.3, -0.25) is 4.79 Å². The van der Waals surface area contributed by atoms with E-state index in [4.69, 9.17) is 4.74 Å². The SMILES string of the molecule is CC(C)(C)OC(=O)NCCNC(=O)c1ccc2nccn2n1. The number of alkyl carbamates (subject to hydrolysis) is 1. The topological polar surface area (TPSA) is 97.6 Å². The first-order chi connectivity index (χ1) is 10.3. The van der Waals surface area contributed by atoms with E-state index < -0.39 is 11.7 Å². The lowest BCUT2D eigenvalue weighted by Crippen LogP contribution is -2.38. The molecule has 2 N–H and O–H groups in total. The Hall–Kier alpha value is -2.64. The van der Waals surface area contributed by atoms with Crippen molar-refractivity contribution in [2.24, 2.45) is 0 Å². The van der Waals surface area contributed by atoms with Crippen LogP contribution in [0.1, 0.15) is 31.3 Å². The van der Waals surface area contributed by atoms with Crippen LogP contribution in [0.3, 0.4) is 0 Å². The second kappa shape index (κ2) is 6.42. The summed E-state index contributed by atoms with van der Waals surface area (Å²) in [7, 11) is 0. The van der Waals surface area contributed by atoms with Gasteiger partial charge >= 0.3 is 6.09 Å². The number of ether oxygens (including phenoxy) is 1. The Labute approximate surface area is 127 Å². The van der Waals surface area contributed by atoms with Gasteiger partial charge in [-0.05, 0) is 32.9 Å². The van der Waals surface area contributed by atoms with Crippen molar-refractivity contribution in [3.05, 3.63) is 30.2 Å². The van der Waals surface area contributed by atoms with Gasteiger partial charge in [0.2, 0.25) is 0 Å². The third kappa shape index (κ3) is 4.44. The molecule has 0 radical (unpaired) electrons. The lowest BCUT2D eigenvalue weighted by molar-refractivity contribution is 0.0526. The molecule has 2 aromatic heterocycles. The van der Waals surface area contributed by atoms with Crippen LogP contribution < -0.4 is 10.6 Å². The fourth-order valence-corrected chi connectivity index (χ4v) is 1.68. The molecular formula is C14H19N5O3. The van der Waals surface area contributed by atoms with E-state index >= 15 is 0 Å². The summed E-state index contributed by atoms with van der Waals surface area (Å²) in [6, 6.07) is 3.31. The molecule has 2 aromatic rings. The van der Waals surface area contributed by atoms with Crippen molar-refractivity contribution in [2.75, 3.05) is 13.1 Å². The van der Waals surface area contributed by atoms with Gasteiger partial charge in [-0.15, -0.1) is 0 Å². The minimum Gasteiger partial charge on any atom is -0.444 e. The quantitative estimate of drug-likeness (QED) is 0.821. The monoisotopic (exact) mass is 305 g/mol. The van der Waals surface area contributed by atoms with E-state index in [0.29, 0.717) is 5.65 Å². The first kappa shape index (κ1) is 15.7. The second-order valence-corrected chi connectivity index (χ2v) is 5.63. The molecule has 8 nitrogen and oxygen atoms in total. The van der Waals surface area contributed by atoms with Crippen LogP contribution in [0.15, 0.2) is 24.5 Å². The molecule has 0 bridgehead atoms. The molecule has 2 amide bonds. The van der Waals surface area contributed by atoms with Crippen LogP contribution in [-0.4, -0.2) is 45.3 Å². The first-order valence-electron chi connectivity index (χ1n) is 6.90. The largest absolute Gasteiger partial charge is 0.444 e. The number of carbonyl (C=O) groups excluding carboxylic acids is 2. The summed E-state index contributed by atoms with van der Waals surface area (Å²) in [6.07, 6.45) is 2.75. The highest BCUT2D eigenvalue weighted by atomic mass is 16.6. The molecule has 0 aliphatic rings. The standard InChI is InChI=1S/C14H19N5O3/c1-14(2,3)22-13(21)17-7-6-16-12(20)10-4-5-11-15-8-9-19(11)18-10/h4-5,8-9H,6-7H2,1-3H3,(H,16,20)(H,17,21). The maximum Gasteiger partial charge on any atom is 0.407 e. The Balaban J connectivity index is 1.77. The molecule has 0 aromatic carbocycles. The van der Waals surface area contributed by atoms with Gasteiger partial charge < -0.3 is 15.4 Å². The number of nitrogens with zero attached hydrogens (tertiary/aromatic N) is 3. The number of aromatic nitrogens is 3. The van der Waals surface area contributed by atoms with E-state index in [1.165, 1.54) is 4.52 Å². The maximum absolute atomic E-state index is 11.9. The van der Waals surface area contributed by atoms with Crippen molar-refractivity contribution in [3.63, 3.8) is 0 Å². The third-order valence-electron chi connectivity index (χ3n) is 2.57. The minimum atomic E-state index is -0.544. The van der Waals surface area contributed by atoms with Gasteiger partial charge in [-0.25, -0.2) is 14.3 Å². The number of nitrogens with one attached hydrogen (secondary N) is 2. The van der Waals surface area contributed by atoms with Crippen molar-refractivity contribution in [1.82, 2.24) is 25.2 Å². The van der Waals surface area contributed by atoms with Crippen LogP contribution in [0, 0.1) is 0 Å². The number of hydrogen-bond acceptors (Lipinski definition) is 5. The molecule has 8 heteroatoms. The van der Waals surface area contributed by atoms with Gasteiger partial charge in [0.25, 0.3) is 5.91 Å². The number of imidazole rings is 1. The molecule has 0 spiro atoms. The highest BCUT2D eigenvalue weighted by molar-refractivity contribution is 5.92. The van der Waals surface area contributed by atoms with Gasteiger partial charge in [0, 0.05) is 25.5 Å². The minimum absolute atomic E-state index is 0.272. The van der Waals surface area contributed by atoms with E-state index in [9.17, 15) is 9.59 Å². The van der Waals surface area contributed by atoms with E-state index in [0.717, 1.165) is 0 Å². The zero-order valence-corrected chi connectivity index (χ0v) is 12.8. The van der Waals surface area contributed by atoms with Crippen LogP contribution in [0.25, 0.3) is 5.65 Å². The number of carbonyl (C=O) groups is 2. The molecule has 0 atom stereocenters. The summed E-state index contributed by atoms with van der Waals surface area (Å²) >= 11 is 0. The molecule has 0 fully saturated rings. The van der Waals surface area contributed by atoms with E-state index in [-0.39, 0.29) is 24.7 Å². The van der Waals surface area contributed by atoms with Crippen molar-refractivity contribution in [2.45, 2.75) is 26.4 Å². The zero-order valence-electron chi connectivity index (χ0n) is 12.8.